The highest BCUT2D eigenvalue weighted by molar-refractivity contribution is 7.54. The quantitative estimate of drug-likeness (QED) is 0.446. The molecule has 0 radical (unpaired) electrons. The van der Waals surface area contributed by atoms with Crippen LogP contribution in [0.2, 0.25) is 0 Å². The second-order valence-corrected chi connectivity index (χ2v) is 5.05. The summed E-state index contributed by atoms with van der Waals surface area (Å²) < 4.78 is 21.3. The Hall–Kier alpha value is -0.290. The summed E-state index contributed by atoms with van der Waals surface area (Å²) in [6.45, 7) is 2.14. The van der Waals surface area contributed by atoms with Crippen molar-refractivity contribution < 1.29 is 13.6 Å². The van der Waals surface area contributed by atoms with Gasteiger partial charge in [0.05, 0.1) is 18.2 Å². The van der Waals surface area contributed by atoms with Gasteiger partial charge < -0.3 is 9.05 Å². The molecule has 0 aromatic rings. The van der Waals surface area contributed by atoms with E-state index in [1.807, 2.05) is 0 Å². The molecule has 1 saturated heterocycles. The molecule has 0 aromatic carbocycles. The monoisotopic (exact) mass is 174 g/mol. The van der Waals surface area contributed by atoms with Gasteiger partial charge in [-0.25, -0.2) is 0 Å². The van der Waals surface area contributed by atoms with Crippen molar-refractivity contribution in [1.82, 2.24) is 0 Å². The van der Waals surface area contributed by atoms with Crippen LogP contribution in [0, 0.1) is 18.3 Å². The van der Waals surface area contributed by atoms with Gasteiger partial charge in [-0.05, 0) is 6.92 Å². The van der Waals surface area contributed by atoms with Gasteiger partial charge >= 0.3 is 7.60 Å². The Balaban J connectivity index is 2.80. The second-order valence-electron chi connectivity index (χ2n) is 2.53. The third-order valence-electron chi connectivity index (χ3n) is 1.98. The van der Waals surface area contributed by atoms with Gasteiger partial charge in [0.1, 0.15) is 0 Å². The molecule has 1 aliphatic heterocycles. The van der Waals surface area contributed by atoms with Crippen molar-refractivity contribution in [1.29, 1.82) is 0 Å². The van der Waals surface area contributed by atoms with E-state index < -0.39 is 7.60 Å². The van der Waals surface area contributed by atoms with Crippen LogP contribution in [-0.4, -0.2) is 19.4 Å². The summed E-state index contributed by atoms with van der Waals surface area (Å²) >= 11 is 0. The zero-order valence-corrected chi connectivity index (χ0v) is 7.51. The van der Waals surface area contributed by atoms with E-state index in [0.717, 1.165) is 0 Å². The maximum Gasteiger partial charge on any atom is 0.334 e. The lowest BCUT2D eigenvalue weighted by Crippen LogP contribution is -2.09. The molecule has 3 atom stereocenters. The Morgan fingerprint density at radius 2 is 2.45 bits per heavy atom. The van der Waals surface area contributed by atoms with E-state index in [1.165, 1.54) is 7.11 Å². The highest BCUT2D eigenvalue weighted by Crippen LogP contribution is 2.59. The van der Waals surface area contributed by atoms with Gasteiger partial charge in [0.15, 0.2) is 0 Å². The van der Waals surface area contributed by atoms with Crippen molar-refractivity contribution in [2.24, 2.45) is 5.92 Å². The largest absolute Gasteiger partial charge is 0.334 e. The third-order valence-corrected chi connectivity index (χ3v) is 4.36. The first-order chi connectivity index (χ1) is 5.14. The molecule has 3 unspecified atom stereocenters. The van der Waals surface area contributed by atoms with Crippen molar-refractivity contribution in [3.8, 4) is 12.3 Å². The molecular weight excluding hydrogens is 163 g/mol. The molecule has 0 aliphatic carbocycles. The summed E-state index contributed by atoms with van der Waals surface area (Å²) in [5.41, 5.74) is -0.169. The summed E-state index contributed by atoms with van der Waals surface area (Å²) in [6, 6.07) is 0. The Kier molecular flexibility index (Phi) is 2.39. The van der Waals surface area contributed by atoms with E-state index >= 15 is 0 Å². The van der Waals surface area contributed by atoms with Gasteiger partial charge in [-0.1, -0.05) is 5.92 Å². The Bertz CT molecular complexity index is 230. The van der Waals surface area contributed by atoms with E-state index in [9.17, 15) is 4.57 Å². The zero-order valence-electron chi connectivity index (χ0n) is 6.61. The minimum Gasteiger partial charge on any atom is -0.312 e. The fourth-order valence-electron chi connectivity index (χ4n) is 1.07. The van der Waals surface area contributed by atoms with Crippen LogP contribution in [0.1, 0.15) is 6.92 Å². The van der Waals surface area contributed by atoms with E-state index in [1.54, 1.807) is 6.92 Å². The molecule has 1 heterocycles. The van der Waals surface area contributed by atoms with Crippen LogP contribution in [0.3, 0.4) is 0 Å². The van der Waals surface area contributed by atoms with Crippen LogP contribution in [0.15, 0.2) is 0 Å². The van der Waals surface area contributed by atoms with Gasteiger partial charge in [0, 0.05) is 7.11 Å². The van der Waals surface area contributed by atoms with Crippen LogP contribution in [-0.2, 0) is 13.6 Å². The molecule has 0 bridgehead atoms. The van der Waals surface area contributed by atoms with Crippen molar-refractivity contribution in [2.75, 3.05) is 13.7 Å². The Morgan fingerprint density at radius 1 is 1.82 bits per heavy atom. The number of terminal acetylenes is 1. The minimum absolute atomic E-state index is 0.0687. The van der Waals surface area contributed by atoms with Gasteiger partial charge in [0.25, 0.3) is 0 Å². The molecule has 3 nitrogen and oxygen atoms in total. The minimum atomic E-state index is -2.86. The van der Waals surface area contributed by atoms with Gasteiger partial charge in [-0.3, -0.25) is 4.57 Å². The normalized spacial score (nSPS) is 43.7. The molecule has 4 heteroatoms. The smallest absolute Gasteiger partial charge is 0.312 e. The number of rotatable bonds is 1. The summed E-state index contributed by atoms with van der Waals surface area (Å²) in [4.78, 5) is 0. The highest BCUT2D eigenvalue weighted by Gasteiger charge is 2.43. The molecule has 0 N–H and O–H groups in total. The van der Waals surface area contributed by atoms with E-state index in [4.69, 9.17) is 15.5 Å². The zero-order chi connectivity index (χ0) is 8.48. The molecule has 1 rings (SSSR count). The third kappa shape index (κ3) is 1.35. The van der Waals surface area contributed by atoms with Gasteiger partial charge in [-0.15, -0.1) is 6.42 Å². The lowest BCUT2D eigenvalue weighted by atomic mass is 10.1. The summed E-state index contributed by atoms with van der Waals surface area (Å²) in [6.07, 6.45) is 5.19. The summed E-state index contributed by atoms with van der Waals surface area (Å²) in [5.74, 6) is 2.46. The summed E-state index contributed by atoms with van der Waals surface area (Å²) in [5, 5.41) is 0. The van der Waals surface area contributed by atoms with Crippen molar-refractivity contribution in [2.45, 2.75) is 12.6 Å². The Morgan fingerprint density at radius 3 is 2.73 bits per heavy atom. The van der Waals surface area contributed by atoms with Crippen molar-refractivity contribution in [3.05, 3.63) is 0 Å². The lowest BCUT2D eigenvalue weighted by Gasteiger charge is -2.12. The Labute approximate surface area is 66.6 Å². The highest BCUT2D eigenvalue weighted by atomic mass is 31.2. The molecule has 0 aromatic heterocycles. The average Bonchev–Trinajstić information content (AvgIpc) is 2.31. The number of hydrogen-bond acceptors (Lipinski definition) is 3. The maximum absolute atomic E-state index is 11.5. The maximum atomic E-state index is 11.5. The number of hydrogen-bond donors (Lipinski definition) is 0. The molecule has 11 heavy (non-hydrogen) atoms. The van der Waals surface area contributed by atoms with Crippen LogP contribution in [0.5, 0.6) is 0 Å². The molecule has 0 amide bonds. The predicted octanol–water partition coefficient (Wildman–Crippen LogP) is 1.49. The fourth-order valence-corrected chi connectivity index (χ4v) is 2.72. The lowest BCUT2D eigenvalue weighted by molar-refractivity contribution is 0.259. The predicted molar refractivity (Wildman–Crippen MR) is 42.4 cm³/mol. The van der Waals surface area contributed by atoms with Crippen LogP contribution in [0.4, 0.5) is 0 Å². The molecule has 0 saturated carbocycles. The first kappa shape index (κ1) is 8.80. The van der Waals surface area contributed by atoms with Gasteiger partial charge in [0.2, 0.25) is 0 Å². The van der Waals surface area contributed by atoms with Crippen LogP contribution < -0.4 is 0 Å². The first-order valence-corrected chi connectivity index (χ1v) is 5.01. The van der Waals surface area contributed by atoms with Crippen molar-refractivity contribution in [3.63, 3.8) is 0 Å². The second kappa shape index (κ2) is 2.98. The van der Waals surface area contributed by atoms with E-state index in [2.05, 4.69) is 5.92 Å². The standard InChI is InChI=1S/C7H11O3P/c1-4-7-5-10-11(8,9-3)6(7)2/h1,6-7H,5H2,2-3H3. The van der Waals surface area contributed by atoms with Crippen LogP contribution in [0.25, 0.3) is 0 Å². The van der Waals surface area contributed by atoms with Crippen LogP contribution >= 0.6 is 7.60 Å². The molecule has 0 spiro atoms. The fraction of sp³-hybridized carbons (Fsp3) is 0.714. The molecular formula is C7H11O3P. The average molecular weight is 174 g/mol. The first-order valence-electron chi connectivity index (χ1n) is 3.40. The molecule has 1 fully saturated rings. The van der Waals surface area contributed by atoms with Crippen molar-refractivity contribution >= 4 is 7.60 Å². The summed E-state index contributed by atoms with van der Waals surface area (Å²) in [7, 11) is -1.47. The van der Waals surface area contributed by atoms with E-state index in [0.29, 0.717) is 6.61 Å². The van der Waals surface area contributed by atoms with E-state index in [-0.39, 0.29) is 11.6 Å². The topological polar surface area (TPSA) is 35.5 Å². The molecule has 1 aliphatic rings. The van der Waals surface area contributed by atoms with Gasteiger partial charge in [-0.2, -0.15) is 0 Å². The SMILES string of the molecule is C#CC1COP(=O)(OC)C1C. The molecule has 62 valence electrons.